The monoisotopic (exact) mass is 477 g/mol. The topological polar surface area (TPSA) is 79.4 Å². The highest BCUT2D eigenvalue weighted by Crippen LogP contribution is 2.32. The number of amides is 1. The summed E-state index contributed by atoms with van der Waals surface area (Å²) >= 11 is 1.42. The number of para-hydroxylation sites is 2. The second kappa shape index (κ2) is 8.61. The zero-order chi connectivity index (χ0) is 23.0. The molecule has 6 nitrogen and oxygen atoms in total. The van der Waals surface area contributed by atoms with E-state index in [0.717, 1.165) is 46.3 Å². The molecule has 0 bridgehead atoms. The van der Waals surface area contributed by atoms with E-state index in [2.05, 4.69) is 17.2 Å². The van der Waals surface area contributed by atoms with E-state index in [1.54, 1.807) is 12.1 Å². The number of hydrogen-bond donors (Lipinski definition) is 1. The Labute approximate surface area is 197 Å². The van der Waals surface area contributed by atoms with E-state index in [0.29, 0.717) is 17.2 Å². The summed E-state index contributed by atoms with van der Waals surface area (Å²) in [6.07, 6.45) is 2.51. The van der Waals surface area contributed by atoms with Gasteiger partial charge in [-0.3, -0.25) is 14.4 Å². The van der Waals surface area contributed by atoms with Crippen molar-refractivity contribution < 1.29 is 13.2 Å². The van der Waals surface area contributed by atoms with Gasteiger partial charge in [0.15, 0.2) is 5.13 Å². The number of nitrogens with one attached hydrogen (secondary N) is 1. The number of anilines is 2. The number of fused-ring (bicyclic) bond motifs is 2. The van der Waals surface area contributed by atoms with Crippen LogP contribution in [-0.4, -0.2) is 25.9 Å². The van der Waals surface area contributed by atoms with E-state index < -0.39 is 10.0 Å². The number of nitrogens with zero attached hydrogens (tertiary/aromatic N) is 2. The van der Waals surface area contributed by atoms with Crippen LogP contribution in [0, 0.1) is 0 Å². The Kier molecular flexibility index (Phi) is 5.64. The maximum absolute atomic E-state index is 13.3. The summed E-state index contributed by atoms with van der Waals surface area (Å²) in [5, 5.41) is 3.37. The number of rotatable bonds is 5. The predicted octanol–water partition coefficient (Wildman–Crippen LogP) is 5.25. The van der Waals surface area contributed by atoms with Crippen LogP contribution in [-0.2, 0) is 22.9 Å². The Balaban J connectivity index is 1.37. The van der Waals surface area contributed by atoms with Gasteiger partial charge in [0.25, 0.3) is 15.9 Å². The fourth-order valence-electron chi connectivity index (χ4n) is 4.17. The molecule has 168 valence electrons. The summed E-state index contributed by atoms with van der Waals surface area (Å²) in [4.78, 5) is 17.5. The first-order valence-corrected chi connectivity index (χ1v) is 13.1. The third-order valence-electron chi connectivity index (χ3n) is 5.88. The molecule has 0 fully saturated rings. The van der Waals surface area contributed by atoms with Gasteiger partial charge >= 0.3 is 0 Å². The Bertz CT molecular complexity index is 1440. The number of hydrogen-bond acceptors (Lipinski definition) is 5. The molecular weight excluding hydrogens is 454 g/mol. The highest BCUT2D eigenvalue weighted by molar-refractivity contribution is 7.92. The molecule has 0 saturated carbocycles. The summed E-state index contributed by atoms with van der Waals surface area (Å²) in [5.41, 5.74) is 4.18. The minimum Gasteiger partial charge on any atom is -0.298 e. The number of aromatic nitrogens is 1. The van der Waals surface area contributed by atoms with E-state index in [4.69, 9.17) is 0 Å². The van der Waals surface area contributed by atoms with E-state index >= 15 is 0 Å². The molecule has 0 aliphatic carbocycles. The highest BCUT2D eigenvalue weighted by atomic mass is 32.2. The standard InChI is InChI=1S/C25H23N3O3S2/c1-2-17-8-5-11-22-23(17)26-25(32-22)27-24(29)19-12-14-20(15-13-19)33(30,31)28-16-6-9-18-7-3-4-10-21(18)28/h3-5,7-8,10-15H,2,6,9,16H2,1H3,(H,26,27,29). The second-order valence-electron chi connectivity index (χ2n) is 7.92. The quantitative estimate of drug-likeness (QED) is 0.426. The molecule has 0 radical (unpaired) electrons. The fourth-order valence-corrected chi connectivity index (χ4v) is 6.62. The molecule has 33 heavy (non-hydrogen) atoms. The van der Waals surface area contributed by atoms with Crippen molar-refractivity contribution in [2.24, 2.45) is 0 Å². The first-order chi connectivity index (χ1) is 16.0. The molecule has 0 atom stereocenters. The van der Waals surface area contributed by atoms with Crippen molar-refractivity contribution in [3.63, 3.8) is 0 Å². The number of carbonyl (C=O) groups excluding carboxylic acids is 1. The van der Waals surface area contributed by atoms with Crippen LogP contribution in [0.25, 0.3) is 10.2 Å². The Morgan fingerprint density at radius 2 is 1.85 bits per heavy atom. The Morgan fingerprint density at radius 3 is 2.64 bits per heavy atom. The van der Waals surface area contributed by atoms with E-state index in [1.165, 1.54) is 27.8 Å². The van der Waals surface area contributed by atoms with E-state index in [-0.39, 0.29) is 10.8 Å². The van der Waals surface area contributed by atoms with Crippen LogP contribution in [0.4, 0.5) is 10.8 Å². The van der Waals surface area contributed by atoms with Crippen LogP contribution in [0.15, 0.2) is 71.6 Å². The van der Waals surface area contributed by atoms with Crippen molar-refractivity contribution in [3.05, 3.63) is 83.4 Å². The number of aryl methyl sites for hydroxylation is 2. The lowest BCUT2D eigenvalue weighted by Crippen LogP contribution is -2.35. The zero-order valence-corrected chi connectivity index (χ0v) is 19.7. The fraction of sp³-hybridized carbons (Fsp3) is 0.200. The van der Waals surface area contributed by atoms with Crippen LogP contribution in [0.3, 0.4) is 0 Å². The van der Waals surface area contributed by atoms with Crippen molar-refractivity contribution in [3.8, 4) is 0 Å². The van der Waals surface area contributed by atoms with Crippen molar-refractivity contribution in [2.75, 3.05) is 16.2 Å². The molecule has 5 rings (SSSR count). The SMILES string of the molecule is CCc1cccc2sc(NC(=O)c3ccc(S(=O)(=O)N4CCCc5ccccc54)cc3)nc12. The summed E-state index contributed by atoms with van der Waals surface area (Å²) in [7, 11) is -3.71. The molecule has 0 spiro atoms. The molecule has 1 N–H and O–H groups in total. The molecule has 1 amide bonds. The number of benzene rings is 3. The lowest BCUT2D eigenvalue weighted by molar-refractivity contribution is 0.102. The lowest BCUT2D eigenvalue weighted by atomic mass is 10.0. The summed E-state index contributed by atoms with van der Waals surface area (Å²) in [5.74, 6) is -0.320. The molecule has 4 aromatic rings. The van der Waals surface area contributed by atoms with Crippen LogP contribution in [0.5, 0.6) is 0 Å². The molecule has 1 aliphatic rings. The van der Waals surface area contributed by atoms with Gasteiger partial charge in [-0.1, -0.05) is 48.6 Å². The summed E-state index contributed by atoms with van der Waals surface area (Å²) in [6, 6.07) is 19.7. The molecule has 3 aromatic carbocycles. The largest absolute Gasteiger partial charge is 0.298 e. The van der Waals surface area contributed by atoms with Crippen LogP contribution < -0.4 is 9.62 Å². The first-order valence-electron chi connectivity index (χ1n) is 10.9. The average Bonchev–Trinajstić information content (AvgIpc) is 3.26. The smallest absolute Gasteiger partial charge is 0.264 e. The summed E-state index contributed by atoms with van der Waals surface area (Å²) in [6.45, 7) is 2.52. The second-order valence-corrected chi connectivity index (χ2v) is 10.8. The minimum absolute atomic E-state index is 0.170. The molecule has 1 aromatic heterocycles. The van der Waals surface area contributed by atoms with E-state index in [9.17, 15) is 13.2 Å². The van der Waals surface area contributed by atoms with Gasteiger partial charge < -0.3 is 0 Å². The van der Waals surface area contributed by atoms with Crippen LogP contribution in [0.2, 0.25) is 0 Å². The predicted molar refractivity (Wildman–Crippen MR) is 133 cm³/mol. The third-order valence-corrected chi connectivity index (χ3v) is 8.64. The Morgan fingerprint density at radius 1 is 1.06 bits per heavy atom. The van der Waals surface area contributed by atoms with Crippen molar-refractivity contribution >= 4 is 48.3 Å². The molecule has 8 heteroatoms. The Hall–Kier alpha value is -3.23. The average molecular weight is 478 g/mol. The van der Waals surface area contributed by atoms with Gasteiger partial charge in [-0.2, -0.15) is 0 Å². The first kappa shape index (κ1) is 21.6. The summed E-state index contributed by atoms with van der Waals surface area (Å²) < 4.78 is 29.1. The van der Waals surface area contributed by atoms with Gasteiger partial charge in [-0.25, -0.2) is 13.4 Å². The normalized spacial score (nSPS) is 13.7. The van der Waals surface area contributed by atoms with Crippen molar-refractivity contribution in [1.82, 2.24) is 4.98 Å². The van der Waals surface area contributed by atoms with Gasteiger partial charge in [0.05, 0.1) is 20.8 Å². The zero-order valence-electron chi connectivity index (χ0n) is 18.1. The van der Waals surface area contributed by atoms with Crippen LogP contribution >= 0.6 is 11.3 Å². The molecular formula is C25H23N3O3S2. The number of sulfonamides is 1. The third kappa shape index (κ3) is 4.00. The van der Waals surface area contributed by atoms with Gasteiger partial charge in [0, 0.05) is 12.1 Å². The van der Waals surface area contributed by atoms with E-state index in [1.807, 2.05) is 42.5 Å². The number of thiazole rings is 1. The van der Waals surface area contributed by atoms with Gasteiger partial charge in [0.2, 0.25) is 0 Å². The minimum atomic E-state index is -3.71. The van der Waals surface area contributed by atoms with Crippen molar-refractivity contribution in [2.45, 2.75) is 31.1 Å². The van der Waals surface area contributed by atoms with Gasteiger partial charge in [-0.05, 0) is 66.8 Å². The molecule has 0 unspecified atom stereocenters. The van der Waals surface area contributed by atoms with Crippen LogP contribution in [0.1, 0.15) is 34.8 Å². The lowest BCUT2D eigenvalue weighted by Gasteiger charge is -2.30. The van der Waals surface area contributed by atoms with Crippen molar-refractivity contribution in [1.29, 1.82) is 0 Å². The van der Waals surface area contributed by atoms with Gasteiger partial charge in [-0.15, -0.1) is 0 Å². The number of carbonyl (C=O) groups is 1. The maximum Gasteiger partial charge on any atom is 0.264 e. The molecule has 2 heterocycles. The van der Waals surface area contributed by atoms with Gasteiger partial charge in [0.1, 0.15) is 0 Å². The molecule has 1 aliphatic heterocycles. The maximum atomic E-state index is 13.3. The highest BCUT2D eigenvalue weighted by Gasteiger charge is 2.29. The molecule has 0 saturated heterocycles.